The highest BCUT2D eigenvalue weighted by Gasteiger charge is 2.15. The predicted molar refractivity (Wildman–Crippen MR) is 108 cm³/mol. The first-order valence-corrected chi connectivity index (χ1v) is 9.20. The maximum Gasteiger partial charge on any atom is 0.272 e. The molecule has 2 aromatic heterocycles. The van der Waals surface area contributed by atoms with Gasteiger partial charge in [0.05, 0.1) is 23.0 Å². The number of hydrazone groups is 1. The molecule has 2 aromatic carbocycles. The number of amides is 1. The van der Waals surface area contributed by atoms with E-state index in [4.69, 9.17) is 0 Å². The molecule has 1 amide bonds. The zero-order chi connectivity index (χ0) is 18.6. The van der Waals surface area contributed by atoms with Crippen LogP contribution in [0.5, 0.6) is 5.75 Å². The smallest absolute Gasteiger partial charge is 0.272 e. The molecule has 27 heavy (non-hydrogen) atoms. The number of carbonyl (C=O) groups excluding carboxylic acids is 1. The molecule has 0 atom stereocenters. The minimum absolute atomic E-state index is 0.113. The van der Waals surface area contributed by atoms with E-state index in [2.05, 4.69) is 15.5 Å². The number of carbonyl (C=O) groups is 1. The van der Waals surface area contributed by atoms with Crippen molar-refractivity contribution < 1.29 is 9.90 Å². The van der Waals surface area contributed by atoms with Gasteiger partial charge in [-0.2, -0.15) is 16.4 Å². The number of rotatable bonds is 4. The molecular formula is C21H15N3O2S. The van der Waals surface area contributed by atoms with Crippen LogP contribution in [-0.4, -0.2) is 22.2 Å². The molecule has 2 N–H and O–H groups in total. The van der Waals surface area contributed by atoms with Crippen molar-refractivity contribution in [2.45, 2.75) is 0 Å². The molecule has 4 rings (SSSR count). The molecule has 5 nitrogen and oxygen atoms in total. The Labute approximate surface area is 159 Å². The van der Waals surface area contributed by atoms with E-state index in [1.165, 1.54) is 0 Å². The third-order valence-corrected chi connectivity index (χ3v) is 4.77. The van der Waals surface area contributed by atoms with Crippen LogP contribution in [0.25, 0.3) is 22.2 Å². The number of aromatic hydroxyl groups is 1. The first kappa shape index (κ1) is 16.9. The first-order valence-electron chi connectivity index (χ1n) is 8.26. The average molecular weight is 373 g/mol. The molecule has 6 heteroatoms. The summed E-state index contributed by atoms with van der Waals surface area (Å²) in [6.07, 6.45) is 1.60. The van der Waals surface area contributed by atoms with Crippen molar-refractivity contribution in [1.82, 2.24) is 10.4 Å². The number of hydrogen-bond acceptors (Lipinski definition) is 5. The summed E-state index contributed by atoms with van der Waals surface area (Å²) in [5, 5.41) is 18.8. The highest BCUT2D eigenvalue weighted by atomic mass is 32.1. The van der Waals surface area contributed by atoms with Crippen molar-refractivity contribution in [3.8, 4) is 17.0 Å². The van der Waals surface area contributed by atoms with E-state index in [0.717, 1.165) is 10.9 Å². The van der Waals surface area contributed by atoms with Crippen LogP contribution in [0.3, 0.4) is 0 Å². The molecule has 2 heterocycles. The van der Waals surface area contributed by atoms with Crippen molar-refractivity contribution in [3.05, 3.63) is 82.6 Å². The molecule has 0 aliphatic heterocycles. The third kappa shape index (κ3) is 3.56. The summed E-state index contributed by atoms with van der Waals surface area (Å²) < 4.78 is 0. The number of nitrogens with one attached hydrogen (secondary N) is 1. The second-order valence-corrected chi connectivity index (χ2v) is 6.63. The van der Waals surface area contributed by atoms with Gasteiger partial charge in [0.15, 0.2) is 0 Å². The van der Waals surface area contributed by atoms with Gasteiger partial charge in [0.25, 0.3) is 5.91 Å². The highest BCUT2D eigenvalue weighted by molar-refractivity contribution is 7.08. The lowest BCUT2D eigenvalue weighted by Crippen LogP contribution is -2.18. The molecule has 0 spiro atoms. The predicted octanol–water partition coefficient (Wildman–Crippen LogP) is 4.43. The Balaban J connectivity index is 1.74. The summed E-state index contributed by atoms with van der Waals surface area (Å²) in [5.41, 5.74) is 5.71. The standard InChI is InChI=1S/C21H15N3O2S/c25-20-8-4-2-6-16(20)19-11-17(15-5-1-3-7-18(15)23-19)21(26)24-22-12-14-9-10-27-13-14/h1-13,25H,(H,24,26)/b22-12+. The number of phenolic OH excluding ortho intramolecular Hbond substituents is 1. The molecule has 0 unspecified atom stereocenters. The van der Waals surface area contributed by atoms with E-state index in [9.17, 15) is 9.90 Å². The van der Waals surface area contributed by atoms with Crippen LogP contribution in [0.4, 0.5) is 0 Å². The first-order chi connectivity index (χ1) is 13.2. The van der Waals surface area contributed by atoms with Crippen LogP contribution in [0.1, 0.15) is 15.9 Å². The zero-order valence-electron chi connectivity index (χ0n) is 14.2. The van der Waals surface area contributed by atoms with Crippen LogP contribution in [0, 0.1) is 0 Å². The fourth-order valence-electron chi connectivity index (χ4n) is 2.77. The molecule has 0 saturated heterocycles. The quantitative estimate of drug-likeness (QED) is 0.410. The topological polar surface area (TPSA) is 74.6 Å². The van der Waals surface area contributed by atoms with Crippen molar-refractivity contribution in [2.24, 2.45) is 5.10 Å². The number of benzene rings is 2. The lowest BCUT2D eigenvalue weighted by Gasteiger charge is -2.10. The van der Waals surface area contributed by atoms with E-state index < -0.39 is 0 Å². The normalized spacial score (nSPS) is 11.1. The Morgan fingerprint density at radius 3 is 2.74 bits per heavy atom. The number of phenols is 1. The number of thiophene rings is 1. The Kier molecular flexibility index (Phi) is 4.63. The van der Waals surface area contributed by atoms with Crippen LogP contribution in [-0.2, 0) is 0 Å². The van der Waals surface area contributed by atoms with E-state index in [1.54, 1.807) is 41.8 Å². The molecule has 0 aliphatic rings. The SMILES string of the molecule is O=C(N/N=C/c1ccsc1)c1cc(-c2ccccc2O)nc2ccccc12. The second-order valence-electron chi connectivity index (χ2n) is 5.85. The zero-order valence-corrected chi connectivity index (χ0v) is 15.0. The van der Waals surface area contributed by atoms with Gasteiger partial charge in [-0.05, 0) is 41.1 Å². The van der Waals surface area contributed by atoms with Gasteiger partial charge >= 0.3 is 0 Å². The Hall–Kier alpha value is -3.51. The summed E-state index contributed by atoms with van der Waals surface area (Å²) in [5.74, 6) is -0.223. The number of pyridine rings is 1. The van der Waals surface area contributed by atoms with E-state index >= 15 is 0 Å². The van der Waals surface area contributed by atoms with Crippen LogP contribution in [0.2, 0.25) is 0 Å². The maximum atomic E-state index is 12.7. The lowest BCUT2D eigenvalue weighted by molar-refractivity contribution is 0.0956. The third-order valence-electron chi connectivity index (χ3n) is 4.06. The Bertz CT molecular complexity index is 1140. The summed E-state index contributed by atoms with van der Waals surface area (Å²) in [7, 11) is 0. The van der Waals surface area contributed by atoms with Gasteiger partial charge in [-0.15, -0.1) is 0 Å². The van der Waals surface area contributed by atoms with Gasteiger partial charge in [-0.25, -0.2) is 10.4 Å². The molecular weight excluding hydrogens is 358 g/mol. The molecule has 0 fully saturated rings. The number of hydrogen-bond donors (Lipinski definition) is 2. The van der Waals surface area contributed by atoms with Crippen molar-refractivity contribution in [1.29, 1.82) is 0 Å². The van der Waals surface area contributed by atoms with E-state index in [-0.39, 0.29) is 11.7 Å². The van der Waals surface area contributed by atoms with E-state index in [1.807, 2.05) is 47.2 Å². The fraction of sp³-hybridized carbons (Fsp3) is 0. The molecule has 4 aromatic rings. The molecule has 0 saturated carbocycles. The summed E-state index contributed by atoms with van der Waals surface area (Å²) in [4.78, 5) is 17.3. The maximum absolute atomic E-state index is 12.7. The largest absolute Gasteiger partial charge is 0.507 e. The van der Waals surface area contributed by atoms with Gasteiger partial charge in [0.1, 0.15) is 5.75 Å². The Morgan fingerprint density at radius 1 is 1.11 bits per heavy atom. The number of nitrogens with zero attached hydrogens (tertiary/aromatic N) is 2. The number of para-hydroxylation sites is 2. The molecule has 132 valence electrons. The van der Waals surface area contributed by atoms with Crippen molar-refractivity contribution >= 4 is 34.4 Å². The van der Waals surface area contributed by atoms with Gasteiger partial charge in [0, 0.05) is 16.5 Å². The summed E-state index contributed by atoms with van der Waals surface area (Å²) >= 11 is 1.56. The lowest BCUT2D eigenvalue weighted by atomic mass is 10.0. The summed E-state index contributed by atoms with van der Waals surface area (Å²) in [6, 6.07) is 17.9. The molecule has 0 radical (unpaired) electrons. The fourth-order valence-corrected chi connectivity index (χ4v) is 3.38. The average Bonchev–Trinajstić information content (AvgIpc) is 3.21. The Morgan fingerprint density at radius 2 is 1.93 bits per heavy atom. The molecule has 0 bridgehead atoms. The molecule has 0 aliphatic carbocycles. The number of fused-ring (bicyclic) bond motifs is 1. The van der Waals surface area contributed by atoms with Crippen LogP contribution >= 0.6 is 11.3 Å². The monoisotopic (exact) mass is 373 g/mol. The van der Waals surface area contributed by atoms with Crippen LogP contribution in [0.15, 0.2) is 76.5 Å². The minimum Gasteiger partial charge on any atom is -0.507 e. The van der Waals surface area contributed by atoms with Gasteiger partial charge < -0.3 is 5.11 Å². The van der Waals surface area contributed by atoms with Crippen molar-refractivity contribution in [2.75, 3.05) is 0 Å². The minimum atomic E-state index is -0.336. The summed E-state index contributed by atoms with van der Waals surface area (Å²) in [6.45, 7) is 0. The second kappa shape index (κ2) is 7.39. The number of aromatic nitrogens is 1. The van der Waals surface area contributed by atoms with E-state index in [0.29, 0.717) is 22.3 Å². The van der Waals surface area contributed by atoms with Gasteiger partial charge in [0.2, 0.25) is 0 Å². The van der Waals surface area contributed by atoms with Crippen molar-refractivity contribution in [3.63, 3.8) is 0 Å². The van der Waals surface area contributed by atoms with Gasteiger partial charge in [-0.1, -0.05) is 30.3 Å². The van der Waals surface area contributed by atoms with Gasteiger partial charge in [-0.3, -0.25) is 4.79 Å². The highest BCUT2D eigenvalue weighted by Crippen LogP contribution is 2.30. The van der Waals surface area contributed by atoms with Crippen LogP contribution < -0.4 is 5.43 Å².